The molecular weight excluding hydrogens is 350 g/mol. The summed E-state index contributed by atoms with van der Waals surface area (Å²) in [6.45, 7) is 7.60. The topological polar surface area (TPSA) is 64.1 Å². The molecule has 144 valence electrons. The molecule has 1 aromatic rings. The second kappa shape index (κ2) is 8.50. The van der Waals surface area contributed by atoms with Gasteiger partial charge >= 0.3 is 5.97 Å². The summed E-state index contributed by atoms with van der Waals surface area (Å²) in [4.78, 5) is 31.9. The molecule has 2 saturated heterocycles. The lowest BCUT2D eigenvalue weighted by Gasteiger charge is -2.46. The molecule has 0 aliphatic carbocycles. The summed E-state index contributed by atoms with van der Waals surface area (Å²) in [6.07, 6.45) is 1.75. The standard InChI is InChI=1S/C19H29N3O3S/c1-14-11-16(13-26-14)19(25)22-6-5-17(15(12-22)3-4-18(23)24)21-9-7-20(2)8-10-21/h11,13,15,17H,3-10,12H2,1-2H3,(H,23,24)/t15-,17+/m0/s1. The fourth-order valence-corrected chi connectivity index (χ4v) is 4.85. The van der Waals surface area contributed by atoms with Crippen LogP contribution in [0.4, 0.5) is 0 Å². The summed E-state index contributed by atoms with van der Waals surface area (Å²) in [5.74, 6) is -0.433. The Morgan fingerprint density at radius 2 is 1.96 bits per heavy atom. The Kier molecular flexibility index (Phi) is 6.32. The van der Waals surface area contributed by atoms with Gasteiger partial charge in [-0.1, -0.05) is 0 Å². The maximum atomic E-state index is 12.8. The van der Waals surface area contributed by atoms with Gasteiger partial charge in [0.1, 0.15) is 0 Å². The van der Waals surface area contributed by atoms with E-state index in [4.69, 9.17) is 5.11 Å². The number of carboxylic acid groups (broad SMARTS) is 1. The third-order valence-electron chi connectivity index (χ3n) is 5.69. The van der Waals surface area contributed by atoms with Gasteiger partial charge in [-0.3, -0.25) is 14.5 Å². The highest BCUT2D eigenvalue weighted by Gasteiger charge is 2.36. The van der Waals surface area contributed by atoms with Crippen molar-refractivity contribution in [2.24, 2.45) is 5.92 Å². The molecular formula is C19H29N3O3S. The molecule has 2 fully saturated rings. The van der Waals surface area contributed by atoms with Gasteiger partial charge in [0.15, 0.2) is 0 Å². The van der Waals surface area contributed by atoms with Crippen molar-refractivity contribution < 1.29 is 14.7 Å². The molecule has 0 spiro atoms. The summed E-state index contributed by atoms with van der Waals surface area (Å²) >= 11 is 1.60. The lowest BCUT2D eigenvalue weighted by Crippen LogP contribution is -2.57. The molecule has 3 heterocycles. The zero-order valence-corrected chi connectivity index (χ0v) is 16.5. The highest BCUT2D eigenvalue weighted by molar-refractivity contribution is 7.10. The second-order valence-electron chi connectivity index (χ2n) is 7.58. The van der Waals surface area contributed by atoms with E-state index in [1.807, 2.05) is 23.3 Å². The van der Waals surface area contributed by atoms with Crippen molar-refractivity contribution in [3.63, 3.8) is 0 Å². The molecule has 2 aliphatic rings. The Morgan fingerprint density at radius 3 is 2.58 bits per heavy atom. The summed E-state index contributed by atoms with van der Waals surface area (Å²) in [7, 11) is 2.14. The van der Waals surface area contributed by atoms with Crippen LogP contribution in [0.5, 0.6) is 0 Å². The van der Waals surface area contributed by atoms with Crippen LogP contribution < -0.4 is 0 Å². The average molecular weight is 380 g/mol. The van der Waals surface area contributed by atoms with E-state index in [2.05, 4.69) is 16.8 Å². The lowest BCUT2D eigenvalue weighted by molar-refractivity contribution is -0.137. The van der Waals surface area contributed by atoms with Crippen LogP contribution in [0.15, 0.2) is 11.4 Å². The lowest BCUT2D eigenvalue weighted by atomic mass is 9.86. The van der Waals surface area contributed by atoms with Crippen LogP contribution in [0.3, 0.4) is 0 Å². The molecule has 2 aliphatic heterocycles. The van der Waals surface area contributed by atoms with Gasteiger partial charge < -0.3 is 14.9 Å². The Hall–Kier alpha value is -1.44. The molecule has 0 aromatic carbocycles. The average Bonchev–Trinajstić information content (AvgIpc) is 3.06. The maximum absolute atomic E-state index is 12.8. The molecule has 1 amide bonds. The number of aryl methyl sites for hydroxylation is 1. The van der Waals surface area contributed by atoms with Gasteiger partial charge in [0.05, 0.1) is 5.56 Å². The number of nitrogens with zero attached hydrogens (tertiary/aromatic N) is 3. The normalized spacial score (nSPS) is 25.4. The maximum Gasteiger partial charge on any atom is 0.303 e. The van der Waals surface area contributed by atoms with Gasteiger partial charge in [0, 0.05) is 62.0 Å². The minimum Gasteiger partial charge on any atom is -0.481 e. The summed E-state index contributed by atoms with van der Waals surface area (Å²) in [5.41, 5.74) is 0.766. The number of hydrogen-bond acceptors (Lipinski definition) is 5. The molecule has 6 nitrogen and oxygen atoms in total. The third-order valence-corrected chi connectivity index (χ3v) is 6.56. The van der Waals surface area contributed by atoms with E-state index in [0.29, 0.717) is 19.0 Å². The number of piperidine rings is 1. The second-order valence-corrected chi connectivity index (χ2v) is 8.70. The number of thiophene rings is 1. The van der Waals surface area contributed by atoms with E-state index in [9.17, 15) is 9.59 Å². The molecule has 0 unspecified atom stereocenters. The minimum absolute atomic E-state index is 0.0894. The zero-order chi connectivity index (χ0) is 18.7. The van der Waals surface area contributed by atoms with Gasteiger partial charge in [0.25, 0.3) is 5.91 Å². The van der Waals surface area contributed by atoms with E-state index in [1.165, 1.54) is 0 Å². The van der Waals surface area contributed by atoms with Crippen molar-refractivity contribution in [1.29, 1.82) is 0 Å². The number of carbonyl (C=O) groups excluding carboxylic acids is 1. The number of piperazine rings is 1. The Morgan fingerprint density at radius 1 is 1.23 bits per heavy atom. The third kappa shape index (κ3) is 4.64. The minimum atomic E-state index is -0.751. The van der Waals surface area contributed by atoms with E-state index in [1.54, 1.807) is 11.3 Å². The molecule has 0 saturated carbocycles. The van der Waals surface area contributed by atoms with Gasteiger partial charge in [-0.15, -0.1) is 11.3 Å². The molecule has 0 radical (unpaired) electrons. The van der Waals surface area contributed by atoms with E-state index in [0.717, 1.165) is 49.6 Å². The van der Waals surface area contributed by atoms with Crippen molar-refractivity contribution >= 4 is 23.2 Å². The molecule has 1 N–H and O–H groups in total. The van der Waals surface area contributed by atoms with Gasteiger partial charge in [-0.25, -0.2) is 0 Å². The first kappa shape index (κ1) is 19.3. The number of amides is 1. The van der Waals surface area contributed by atoms with Crippen LogP contribution in [0.25, 0.3) is 0 Å². The predicted octanol–water partition coefficient (Wildman–Crippen LogP) is 2.00. The first-order valence-electron chi connectivity index (χ1n) is 9.43. The molecule has 26 heavy (non-hydrogen) atoms. The van der Waals surface area contributed by atoms with Crippen LogP contribution in [-0.2, 0) is 4.79 Å². The van der Waals surface area contributed by atoms with Crippen LogP contribution in [0.2, 0.25) is 0 Å². The van der Waals surface area contributed by atoms with Crippen LogP contribution in [0.1, 0.15) is 34.5 Å². The molecule has 3 rings (SSSR count). The summed E-state index contributed by atoms with van der Waals surface area (Å²) in [5, 5.41) is 11.1. The van der Waals surface area contributed by atoms with Crippen molar-refractivity contribution in [2.45, 2.75) is 32.2 Å². The number of likely N-dealkylation sites (N-methyl/N-ethyl adjacent to an activating group) is 1. The number of likely N-dealkylation sites (tertiary alicyclic amines) is 1. The molecule has 0 bridgehead atoms. The molecule has 1 aromatic heterocycles. The van der Waals surface area contributed by atoms with Crippen molar-refractivity contribution in [1.82, 2.24) is 14.7 Å². The van der Waals surface area contributed by atoms with E-state index < -0.39 is 5.97 Å². The van der Waals surface area contributed by atoms with Crippen LogP contribution >= 0.6 is 11.3 Å². The fourth-order valence-electron chi connectivity index (χ4n) is 4.17. The number of carbonyl (C=O) groups is 2. The first-order valence-corrected chi connectivity index (χ1v) is 10.3. The number of rotatable bonds is 5. The highest BCUT2D eigenvalue weighted by atomic mass is 32.1. The predicted molar refractivity (Wildman–Crippen MR) is 103 cm³/mol. The van der Waals surface area contributed by atoms with Gasteiger partial charge in [0.2, 0.25) is 0 Å². The monoisotopic (exact) mass is 379 g/mol. The molecule has 2 atom stereocenters. The molecule has 7 heteroatoms. The Labute approximate surface area is 159 Å². The smallest absolute Gasteiger partial charge is 0.303 e. The quantitative estimate of drug-likeness (QED) is 0.848. The largest absolute Gasteiger partial charge is 0.481 e. The SMILES string of the molecule is Cc1cc(C(=O)N2CC[C@@H](N3CCN(C)CC3)[C@@H](CCC(=O)O)C2)cs1. The van der Waals surface area contributed by atoms with E-state index >= 15 is 0 Å². The first-order chi connectivity index (χ1) is 12.4. The summed E-state index contributed by atoms with van der Waals surface area (Å²) in [6, 6.07) is 2.34. The zero-order valence-electron chi connectivity index (χ0n) is 15.7. The summed E-state index contributed by atoms with van der Waals surface area (Å²) < 4.78 is 0. The van der Waals surface area contributed by atoms with Gasteiger partial charge in [-0.2, -0.15) is 0 Å². The van der Waals surface area contributed by atoms with Crippen molar-refractivity contribution in [3.05, 3.63) is 21.9 Å². The van der Waals surface area contributed by atoms with Gasteiger partial charge in [-0.05, 0) is 38.8 Å². The van der Waals surface area contributed by atoms with Crippen molar-refractivity contribution in [3.8, 4) is 0 Å². The van der Waals surface area contributed by atoms with Crippen LogP contribution in [-0.4, -0.2) is 84.0 Å². The Bertz CT molecular complexity index is 640. The number of hydrogen-bond donors (Lipinski definition) is 1. The Balaban J connectivity index is 1.68. The van der Waals surface area contributed by atoms with Crippen LogP contribution in [0, 0.1) is 12.8 Å². The van der Waals surface area contributed by atoms with E-state index in [-0.39, 0.29) is 18.2 Å². The fraction of sp³-hybridized carbons (Fsp3) is 0.684. The number of carboxylic acids is 1. The number of aliphatic carboxylic acids is 1. The van der Waals surface area contributed by atoms with Crippen molar-refractivity contribution in [2.75, 3.05) is 46.3 Å². The highest BCUT2D eigenvalue weighted by Crippen LogP contribution is 2.28.